The first kappa shape index (κ1) is 21.2. The van der Waals surface area contributed by atoms with E-state index in [0.29, 0.717) is 46.7 Å². The number of hydrogen-bond donors (Lipinski definition) is 1. The lowest BCUT2D eigenvalue weighted by Gasteiger charge is -2.11. The Kier molecular flexibility index (Phi) is 5.09. The summed E-state index contributed by atoms with van der Waals surface area (Å²) in [7, 11) is 0. The quantitative estimate of drug-likeness (QED) is 0.398. The molecule has 0 spiro atoms. The minimum Gasteiger partial charge on any atom is -0.421 e. The number of amides is 1. The van der Waals surface area contributed by atoms with E-state index in [1.165, 1.54) is 6.33 Å². The summed E-state index contributed by atoms with van der Waals surface area (Å²) in [5, 5.41) is 11.3. The second kappa shape index (κ2) is 8.43. The van der Waals surface area contributed by atoms with E-state index in [1.54, 1.807) is 6.33 Å². The third kappa shape index (κ3) is 3.95. The molecule has 3 heterocycles. The van der Waals surface area contributed by atoms with Gasteiger partial charge in [-0.3, -0.25) is 9.36 Å². The Morgan fingerprint density at radius 1 is 1.09 bits per heavy atom. The lowest BCUT2D eigenvalue weighted by molar-refractivity contribution is 0.0951. The van der Waals surface area contributed by atoms with Crippen LogP contribution in [0.25, 0.3) is 39.6 Å². The van der Waals surface area contributed by atoms with Crippen LogP contribution in [-0.2, 0) is 6.42 Å². The molecule has 2 aromatic carbocycles. The van der Waals surface area contributed by atoms with Gasteiger partial charge in [0.1, 0.15) is 23.9 Å². The highest BCUT2D eigenvalue weighted by atomic mass is 16.4. The molecule has 1 saturated carbocycles. The zero-order valence-corrected chi connectivity index (χ0v) is 19.4. The molecule has 0 radical (unpaired) electrons. The van der Waals surface area contributed by atoms with E-state index in [2.05, 4.69) is 30.5 Å². The number of aromatic nitrogens is 6. The van der Waals surface area contributed by atoms with Crippen molar-refractivity contribution in [1.29, 1.82) is 0 Å². The number of fused-ring (bicyclic) bond motifs is 1. The first-order valence-electron chi connectivity index (χ1n) is 11.6. The first-order chi connectivity index (χ1) is 17.1. The molecule has 1 aliphatic rings. The molecule has 3 aromatic heterocycles. The fourth-order valence-corrected chi connectivity index (χ4v) is 4.04. The number of imidazole rings is 1. The van der Waals surface area contributed by atoms with Gasteiger partial charge in [-0.05, 0) is 49.6 Å². The van der Waals surface area contributed by atoms with Crippen LogP contribution in [0.1, 0.15) is 41.6 Å². The number of nitrogens with zero attached hydrogens (tertiary/aromatic N) is 6. The number of carbonyl (C=O) groups excluding carboxylic acids is 1. The van der Waals surface area contributed by atoms with Crippen molar-refractivity contribution >= 4 is 17.1 Å². The summed E-state index contributed by atoms with van der Waals surface area (Å²) in [4.78, 5) is 26.3. The lowest BCUT2D eigenvalue weighted by atomic mass is 10.1. The van der Waals surface area contributed by atoms with Crippen LogP contribution in [0.3, 0.4) is 0 Å². The van der Waals surface area contributed by atoms with Gasteiger partial charge < -0.3 is 9.73 Å². The molecule has 0 saturated heterocycles. The fraction of sp³-hybridized carbons (Fsp3) is 0.231. The molecule has 9 nitrogen and oxygen atoms in total. The summed E-state index contributed by atoms with van der Waals surface area (Å²) in [5.74, 6) is 1.01. The van der Waals surface area contributed by atoms with E-state index in [1.807, 2.05) is 60.9 Å². The van der Waals surface area contributed by atoms with Gasteiger partial charge in [0.25, 0.3) is 5.91 Å². The van der Waals surface area contributed by atoms with Crippen molar-refractivity contribution in [2.24, 2.45) is 0 Å². The van der Waals surface area contributed by atoms with Gasteiger partial charge >= 0.3 is 0 Å². The molecule has 0 atom stereocenters. The average Bonchev–Trinajstić information content (AvgIpc) is 3.39. The Morgan fingerprint density at radius 3 is 2.74 bits per heavy atom. The van der Waals surface area contributed by atoms with Gasteiger partial charge in [-0.15, -0.1) is 10.2 Å². The highest BCUT2D eigenvalue weighted by Crippen LogP contribution is 2.30. The van der Waals surface area contributed by atoms with Crippen molar-refractivity contribution in [1.82, 2.24) is 35.0 Å². The summed E-state index contributed by atoms with van der Waals surface area (Å²) in [6.07, 6.45) is 6.03. The summed E-state index contributed by atoms with van der Waals surface area (Å²) in [6, 6.07) is 13.8. The van der Waals surface area contributed by atoms with Crippen LogP contribution >= 0.6 is 0 Å². The standard InChI is InChI=1S/C26H23N7O2/c1-3-21-31-32-26(35-21)18-6-4-5-16(11-18)22-23-24(28-13-27-22)33(14-29-23)20-12-17(8-7-15(20)2)25(34)30-19-9-10-19/h4-8,11-14,19H,3,9-10H2,1-2H3,(H,30,34). The number of aryl methyl sites for hydroxylation is 2. The van der Waals surface area contributed by atoms with Crippen LogP contribution < -0.4 is 5.32 Å². The van der Waals surface area contributed by atoms with Gasteiger partial charge in [-0.2, -0.15) is 0 Å². The Morgan fingerprint density at radius 2 is 1.94 bits per heavy atom. The van der Waals surface area contributed by atoms with E-state index in [4.69, 9.17) is 4.42 Å². The molecular weight excluding hydrogens is 442 g/mol. The molecule has 35 heavy (non-hydrogen) atoms. The van der Waals surface area contributed by atoms with Gasteiger partial charge in [0.05, 0.1) is 5.69 Å². The van der Waals surface area contributed by atoms with Crippen LogP contribution in [-0.4, -0.2) is 41.7 Å². The van der Waals surface area contributed by atoms with Crippen LogP contribution in [0.15, 0.2) is 59.5 Å². The van der Waals surface area contributed by atoms with E-state index in [9.17, 15) is 4.79 Å². The van der Waals surface area contributed by atoms with Crippen molar-refractivity contribution in [2.75, 3.05) is 0 Å². The smallest absolute Gasteiger partial charge is 0.251 e. The molecule has 1 aliphatic carbocycles. The Hall–Kier alpha value is -4.40. The van der Waals surface area contributed by atoms with Gasteiger partial charge in [-0.25, -0.2) is 15.0 Å². The van der Waals surface area contributed by atoms with Crippen molar-refractivity contribution in [3.05, 3.63) is 72.1 Å². The molecule has 0 unspecified atom stereocenters. The number of carbonyl (C=O) groups is 1. The van der Waals surface area contributed by atoms with E-state index in [-0.39, 0.29) is 5.91 Å². The minimum atomic E-state index is -0.0578. The van der Waals surface area contributed by atoms with Crippen molar-refractivity contribution in [3.8, 4) is 28.4 Å². The maximum atomic E-state index is 12.6. The maximum absolute atomic E-state index is 12.6. The predicted octanol–water partition coefficient (Wildman–Crippen LogP) is 4.30. The zero-order valence-electron chi connectivity index (χ0n) is 19.4. The second-order valence-electron chi connectivity index (χ2n) is 8.69. The first-order valence-corrected chi connectivity index (χ1v) is 11.6. The molecule has 1 N–H and O–H groups in total. The van der Waals surface area contributed by atoms with Crippen LogP contribution in [0.5, 0.6) is 0 Å². The second-order valence-corrected chi connectivity index (χ2v) is 8.69. The van der Waals surface area contributed by atoms with Gasteiger partial charge in [-0.1, -0.05) is 25.1 Å². The SMILES string of the molecule is CCc1nnc(-c2cccc(-c3ncnc4c3ncn4-c3cc(C(=O)NC4CC4)ccc3C)c2)o1. The van der Waals surface area contributed by atoms with Crippen LogP contribution in [0.2, 0.25) is 0 Å². The molecule has 5 aromatic rings. The molecular formula is C26H23N7O2. The number of hydrogen-bond acceptors (Lipinski definition) is 7. The number of benzene rings is 2. The van der Waals surface area contributed by atoms with Gasteiger partial charge in [0, 0.05) is 29.2 Å². The Labute approximate surface area is 201 Å². The maximum Gasteiger partial charge on any atom is 0.251 e. The summed E-state index contributed by atoms with van der Waals surface area (Å²) < 4.78 is 7.63. The predicted molar refractivity (Wildman–Crippen MR) is 130 cm³/mol. The molecule has 1 fully saturated rings. The number of nitrogens with one attached hydrogen (secondary N) is 1. The van der Waals surface area contributed by atoms with Crippen molar-refractivity contribution < 1.29 is 9.21 Å². The Balaban J connectivity index is 1.40. The van der Waals surface area contributed by atoms with E-state index < -0.39 is 0 Å². The third-order valence-corrected chi connectivity index (χ3v) is 6.13. The largest absolute Gasteiger partial charge is 0.421 e. The summed E-state index contributed by atoms with van der Waals surface area (Å²) in [5.41, 5.74) is 6.19. The average molecular weight is 466 g/mol. The summed E-state index contributed by atoms with van der Waals surface area (Å²) in [6.45, 7) is 3.98. The molecule has 0 aliphatic heterocycles. The summed E-state index contributed by atoms with van der Waals surface area (Å²) >= 11 is 0. The fourth-order valence-electron chi connectivity index (χ4n) is 4.04. The monoisotopic (exact) mass is 465 g/mol. The minimum absolute atomic E-state index is 0.0578. The third-order valence-electron chi connectivity index (χ3n) is 6.13. The zero-order chi connectivity index (χ0) is 23.9. The highest BCUT2D eigenvalue weighted by Gasteiger charge is 2.24. The van der Waals surface area contributed by atoms with Crippen molar-refractivity contribution in [3.63, 3.8) is 0 Å². The molecule has 174 valence electrons. The molecule has 6 rings (SSSR count). The topological polar surface area (TPSA) is 112 Å². The normalized spacial score (nSPS) is 13.3. The lowest BCUT2D eigenvalue weighted by Crippen LogP contribution is -2.25. The molecule has 9 heteroatoms. The highest BCUT2D eigenvalue weighted by molar-refractivity contribution is 5.95. The van der Waals surface area contributed by atoms with E-state index in [0.717, 1.165) is 35.2 Å². The number of rotatable bonds is 6. The van der Waals surface area contributed by atoms with Gasteiger partial charge in [0.2, 0.25) is 11.8 Å². The van der Waals surface area contributed by atoms with Crippen LogP contribution in [0.4, 0.5) is 0 Å². The molecule has 0 bridgehead atoms. The van der Waals surface area contributed by atoms with Crippen LogP contribution in [0, 0.1) is 6.92 Å². The van der Waals surface area contributed by atoms with Gasteiger partial charge in [0.15, 0.2) is 5.65 Å². The molecule has 1 amide bonds. The van der Waals surface area contributed by atoms with E-state index >= 15 is 0 Å². The Bertz CT molecular complexity index is 1570. The van der Waals surface area contributed by atoms with Crippen molar-refractivity contribution in [2.45, 2.75) is 39.2 Å².